The van der Waals surface area contributed by atoms with Crippen LogP contribution in [-0.2, 0) is 0 Å². The van der Waals surface area contributed by atoms with Crippen LogP contribution in [0.15, 0.2) is 12.1 Å². The lowest BCUT2D eigenvalue weighted by Gasteiger charge is -2.11. The normalized spacial score (nSPS) is 12.5. The van der Waals surface area contributed by atoms with Crippen molar-refractivity contribution in [2.45, 2.75) is 19.5 Å². The Morgan fingerprint density at radius 1 is 1.59 bits per heavy atom. The number of aliphatic hydroxyl groups is 1. The number of hydrogen-bond acceptors (Lipinski definition) is 5. The summed E-state index contributed by atoms with van der Waals surface area (Å²) < 4.78 is 24.1. The maximum Gasteiger partial charge on any atom is 0.311 e. The predicted molar refractivity (Wildman–Crippen MR) is 56.1 cm³/mol. The molecule has 0 aromatic carbocycles. The number of aryl methyl sites for hydroxylation is 1. The Labute approximate surface area is 95.4 Å². The second-order valence-corrected chi connectivity index (χ2v) is 3.36. The topological polar surface area (TPSA) is 88.3 Å². The van der Waals surface area contributed by atoms with Gasteiger partial charge in [-0.1, -0.05) is 0 Å². The number of rotatable bonds is 5. The first-order valence-electron chi connectivity index (χ1n) is 4.74. The zero-order valence-corrected chi connectivity index (χ0v) is 8.93. The molecule has 0 bridgehead atoms. The zero-order chi connectivity index (χ0) is 13.0. The van der Waals surface area contributed by atoms with Crippen LogP contribution < -0.4 is 5.32 Å². The van der Waals surface area contributed by atoms with Crippen molar-refractivity contribution in [1.29, 1.82) is 0 Å². The van der Waals surface area contributed by atoms with E-state index in [1.165, 1.54) is 12.1 Å². The van der Waals surface area contributed by atoms with E-state index in [9.17, 15) is 18.9 Å². The van der Waals surface area contributed by atoms with Gasteiger partial charge < -0.3 is 10.4 Å². The minimum atomic E-state index is -2.91. The molecule has 0 spiro atoms. The molecule has 0 amide bonds. The number of aromatic nitrogens is 1. The summed E-state index contributed by atoms with van der Waals surface area (Å²) in [5.41, 5.74) is 0.182. The number of anilines is 1. The molecule has 6 nitrogen and oxygen atoms in total. The molecule has 1 aromatic heterocycles. The number of hydrogen-bond donors (Lipinski definition) is 2. The largest absolute Gasteiger partial charge is 0.385 e. The lowest BCUT2D eigenvalue weighted by atomic mass is 10.3. The smallest absolute Gasteiger partial charge is 0.311 e. The fourth-order valence-electron chi connectivity index (χ4n) is 1.12. The number of halogens is 2. The van der Waals surface area contributed by atoms with Gasteiger partial charge in [0, 0.05) is 18.3 Å². The minimum Gasteiger partial charge on any atom is -0.385 e. The molecule has 2 N–H and O–H groups in total. The van der Waals surface area contributed by atoms with Gasteiger partial charge in [0.15, 0.2) is 0 Å². The highest BCUT2D eigenvalue weighted by molar-refractivity contribution is 5.56. The summed E-state index contributed by atoms with van der Waals surface area (Å²) in [5, 5.41) is 21.8. The van der Waals surface area contributed by atoms with Gasteiger partial charge in [-0.15, -0.1) is 0 Å². The quantitative estimate of drug-likeness (QED) is 0.605. The van der Waals surface area contributed by atoms with E-state index in [1.54, 1.807) is 6.92 Å². The minimum absolute atomic E-state index is 0.130. The fraction of sp³-hybridized carbons (Fsp3) is 0.444. The van der Waals surface area contributed by atoms with Gasteiger partial charge in [0.05, 0.1) is 4.92 Å². The monoisotopic (exact) mass is 247 g/mol. The summed E-state index contributed by atoms with van der Waals surface area (Å²) in [5.74, 6) is -0.130. The van der Waals surface area contributed by atoms with Crippen molar-refractivity contribution in [2.75, 3.05) is 11.9 Å². The Hall–Kier alpha value is -1.83. The summed E-state index contributed by atoms with van der Waals surface area (Å²) in [6.07, 6.45) is -4.80. The number of nitrogens with one attached hydrogen (secondary N) is 1. The van der Waals surface area contributed by atoms with Gasteiger partial charge in [0.1, 0.15) is 6.10 Å². The summed E-state index contributed by atoms with van der Waals surface area (Å²) in [6, 6.07) is 2.66. The van der Waals surface area contributed by atoms with Crippen molar-refractivity contribution >= 4 is 11.5 Å². The first-order chi connectivity index (χ1) is 7.91. The highest BCUT2D eigenvalue weighted by Crippen LogP contribution is 2.21. The van der Waals surface area contributed by atoms with E-state index in [0.29, 0.717) is 5.69 Å². The van der Waals surface area contributed by atoms with E-state index >= 15 is 0 Å². The molecule has 17 heavy (non-hydrogen) atoms. The Bertz CT molecular complexity index is 414. The van der Waals surface area contributed by atoms with E-state index in [0.717, 1.165) is 0 Å². The third kappa shape index (κ3) is 3.59. The average Bonchev–Trinajstić information content (AvgIpc) is 2.25. The van der Waals surface area contributed by atoms with E-state index in [-0.39, 0.29) is 11.5 Å². The van der Waals surface area contributed by atoms with Crippen LogP contribution in [0.25, 0.3) is 0 Å². The first-order valence-corrected chi connectivity index (χ1v) is 4.74. The average molecular weight is 247 g/mol. The van der Waals surface area contributed by atoms with Crippen molar-refractivity contribution in [3.8, 4) is 0 Å². The van der Waals surface area contributed by atoms with Gasteiger partial charge >= 0.3 is 5.69 Å². The standard InChI is InChI=1S/C9H11F2N3O3/c1-5-2-3-6(14(16)17)9(13-5)12-4-7(15)8(10)11/h2-3,7-8,15H,4H2,1H3,(H,12,13). The van der Waals surface area contributed by atoms with Crippen LogP contribution in [-0.4, -0.2) is 34.1 Å². The van der Waals surface area contributed by atoms with E-state index < -0.39 is 24.0 Å². The molecule has 0 fully saturated rings. The van der Waals surface area contributed by atoms with Crippen LogP contribution in [0.3, 0.4) is 0 Å². The van der Waals surface area contributed by atoms with Gasteiger partial charge in [-0.25, -0.2) is 13.8 Å². The van der Waals surface area contributed by atoms with Crippen LogP contribution in [0.2, 0.25) is 0 Å². The number of alkyl halides is 2. The van der Waals surface area contributed by atoms with Crippen molar-refractivity contribution < 1.29 is 18.8 Å². The molecule has 0 aliphatic rings. The molecule has 1 aromatic rings. The maximum absolute atomic E-state index is 12.0. The second kappa shape index (κ2) is 5.48. The van der Waals surface area contributed by atoms with Crippen molar-refractivity contribution in [3.05, 3.63) is 27.9 Å². The number of nitro groups is 1. The molecule has 0 saturated carbocycles. The van der Waals surface area contributed by atoms with E-state index in [2.05, 4.69) is 10.3 Å². The molecule has 0 saturated heterocycles. The lowest BCUT2D eigenvalue weighted by Crippen LogP contribution is -2.27. The lowest BCUT2D eigenvalue weighted by molar-refractivity contribution is -0.384. The highest BCUT2D eigenvalue weighted by atomic mass is 19.3. The van der Waals surface area contributed by atoms with Crippen LogP contribution in [0.4, 0.5) is 20.3 Å². The molecule has 94 valence electrons. The summed E-state index contributed by atoms with van der Waals surface area (Å²) in [6.45, 7) is 1.10. The zero-order valence-electron chi connectivity index (χ0n) is 8.93. The SMILES string of the molecule is Cc1ccc([N+](=O)[O-])c(NCC(O)C(F)F)n1. The van der Waals surface area contributed by atoms with Crippen LogP contribution >= 0.6 is 0 Å². The van der Waals surface area contributed by atoms with Crippen LogP contribution in [0.1, 0.15) is 5.69 Å². The van der Waals surface area contributed by atoms with Crippen LogP contribution in [0.5, 0.6) is 0 Å². The predicted octanol–water partition coefficient (Wildman–Crippen LogP) is 1.34. The molecule has 1 atom stereocenters. The Balaban J connectivity index is 2.82. The van der Waals surface area contributed by atoms with E-state index in [4.69, 9.17) is 5.11 Å². The fourth-order valence-corrected chi connectivity index (χ4v) is 1.12. The highest BCUT2D eigenvalue weighted by Gasteiger charge is 2.20. The van der Waals surface area contributed by atoms with Crippen molar-refractivity contribution in [2.24, 2.45) is 0 Å². The van der Waals surface area contributed by atoms with Gasteiger partial charge in [0.2, 0.25) is 5.82 Å². The second-order valence-electron chi connectivity index (χ2n) is 3.36. The number of pyridine rings is 1. The van der Waals surface area contributed by atoms with Gasteiger partial charge in [-0.3, -0.25) is 10.1 Å². The summed E-state index contributed by atoms with van der Waals surface area (Å²) in [4.78, 5) is 13.8. The molecule has 1 unspecified atom stereocenters. The third-order valence-corrected chi connectivity index (χ3v) is 1.98. The van der Waals surface area contributed by atoms with Gasteiger partial charge in [0.25, 0.3) is 6.43 Å². The molecule has 0 aliphatic carbocycles. The molecule has 8 heteroatoms. The molecule has 1 heterocycles. The Morgan fingerprint density at radius 3 is 2.76 bits per heavy atom. The Morgan fingerprint density at radius 2 is 2.24 bits per heavy atom. The van der Waals surface area contributed by atoms with Crippen molar-refractivity contribution in [1.82, 2.24) is 4.98 Å². The number of nitrogens with zero attached hydrogens (tertiary/aromatic N) is 2. The third-order valence-electron chi connectivity index (χ3n) is 1.98. The first kappa shape index (κ1) is 13.2. The molecule has 1 rings (SSSR count). The summed E-state index contributed by atoms with van der Waals surface area (Å²) >= 11 is 0. The molecule has 0 aliphatic heterocycles. The molecular formula is C9H11F2N3O3. The van der Waals surface area contributed by atoms with Crippen molar-refractivity contribution in [3.63, 3.8) is 0 Å². The maximum atomic E-state index is 12.0. The molecule has 0 radical (unpaired) electrons. The van der Waals surface area contributed by atoms with E-state index in [1.807, 2.05) is 0 Å². The summed E-state index contributed by atoms with van der Waals surface area (Å²) in [7, 11) is 0. The van der Waals surface area contributed by atoms with Gasteiger partial charge in [-0.2, -0.15) is 0 Å². The van der Waals surface area contributed by atoms with Crippen LogP contribution in [0, 0.1) is 17.0 Å². The Kier molecular flexibility index (Phi) is 4.27. The molecular weight excluding hydrogens is 236 g/mol. The van der Waals surface area contributed by atoms with Gasteiger partial charge in [-0.05, 0) is 13.0 Å². The number of aliphatic hydroxyl groups excluding tert-OH is 1.